The SMILES string of the molecule is CC(C)(C)c1ccc(Nc2ccc3c(c2)c(-c2ccccc2)c(C(=O)O)n3Cc2ccc(-c3ccccc3)cc2)cc1. The maximum Gasteiger partial charge on any atom is 0.353 e. The Kier molecular flexibility index (Phi) is 7.13. The van der Waals surface area contributed by atoms with Crippen LogP contribution >= 0.6 is 0 Å². The number of carbonyl (C=O) groups is 1. The molecule has 6 aromatic rings. The van der Waals surface area contributed by atoms with Crippen molar-refractivity contribution < 1.29 is 9.90 Å². The van der Waals surface area contributed by atoms with Crippen molar-refractivity contribution >= 4 is 28.2 Å². The van der Waals surface area contributed by atoms with E-state index in [1.807, 2.05) is 65.2 Å². The lowest BCUT2D eigenvalue weighted by Crippen LogP contribution is -2.10. The Bertz CT molecular complexity index is 1850. The lowest BCUT2D eigenvalue weighted by molar-refractivity contribution is 0.0687. The summed E-state index contributed by atoms with van der Waals surface area (Å²) in [6.45, 7) is 7.06. The summed E-state index contributed by atoms with van der Waals surface area (Å²) in [6, 6.07) is 43.0. The monoisotopic (exact) mass is 550 g/mol. The quantitative estimate of drug-likeness (QED) is 0.208. The molecule has 42 heavy (non-hydrogen) atoms. The van der Waals surface area contributed by atoms with E-state index < -0.39 is 5.97 Å². The zero-order chi connectivity index (χ0) is 29.3. The lowest BCUT2D eigenvalue weighted by Gasteiger charge is -2.19. The van der Waals surface area contributed by atoms with Gasteiger partial charge in [-0.05, 0) is 63.6 Å². The first-order valence-electron chi connectivity index (χ1n) is 14.2. The van der Waals surface area contributed by atoms with Gasteiger partial charge in [0.25, 0.3) is 0 Å². The number of nitrogens with one attached hydrogen (secondary N) is 1. The predicted molar refractivity (Wildman–Crippen MR) is 174 cm³/mol. The van der Waals surface area contributed by atoms with E-state index in [0.29, 0.717) is 6.54 Å². The molecule has 1 heterocycles. The van der Waals surface area contributed by atoms with E-state index in [9.17, 15) is 9.90 Å². The number of anilines is 2. The predicted octanol–water partition coefficient (Wildman–Crippen LogP) is 9.76. The topological polar surface area (TPSA) is 54.3 Å². The van der Waals surface area contributed by atoms with Gasteiger partial charge in [0.15, 0.2) is 0 Å². The van der Waals surface area contributed by atoms with Gasteiger partial charge in [0.2, 0.25) is 0 Å². The molecule has 0 unspecified atom stereocenters. The Hall–Kier alpha value is -5.09. The van der Waals surface area contributed by atoms with Crippen LogP contribution in [0.15, 0.2) is 127 Å². The fraction of sp³-hybridized carbons (Fsp3) is 0.132. The zero-order valence-electron chi connectivity index (χ0n) is 24.1. The molecule has 0 amide bonds. The third-order valence-corrected chi connectivity index (χ3v) is 7.77. The Morgan fingerprint density at radius 2 is 1.26 bits per heavy atom. The Morgan fingerprint density at radius 1 is 0.690 bits per heavy atom. The molecule has 208 valence electrons. The molecule has 0 saturated heterocycles. The van der Waals surface area contributed by atoms with Crippen LogP contribution < -0.4 is 5.32 Å². The van der Waals surface area contributed by atoms with Crippen LogP contribution in [0.5, 0.6) is 0 Å². The van der Waals surface area contributed by atoms with Gasteiger partial charge in [0.05, 0.1) is 0 Å². The molecule has 4 heteroatoms. The van der Waals surface area contributed by atoms with Gasteiger partial charge in [-0.1, -0.05) is 118 Å². The summed E-state index contributed by atoms with van der Waals surface area (Å²) >= 11 is 0. The summed E-state index contributed by atoms with van der Waals surface area (Å²) in [7, 11) is 0. The molecular weight excluding hydrogens is 516 g/mol. The zero-order valence-corrected chi connectivity index (χ0v) is 24.1. The molecule has 0 spiro atoms. The first-order chi connectivity index (χ1) is 20.3. The number of carboxylic acids is 1. The van der Waals surface area contributed by atoms with E-state index in [1.165, 1.54) is 5.56 Å². The minimum Gasteiger partial charge on any atom is -0.477 e. The number of rotatable bonds is 7. The van der Waals surface area contributed by atoms with Crippen molar-refractivity contribution in [1.82, 2.24) is 4.57 Å². The van der Waals surface area contributed by atoms with Crippen molar-refractivity contribution in [3.8, 4) is 22.3 Å². The van der Waals surface area contributed by atoms with Gasteiger partial charge in [-0.3, -0.25) is 0 Å². The molecule has 0 aliphatic heterocycles. The van der Waals surface area contributed by atoms with Crippen molar-refractivity contribution in [2.24, 2.45) is 0 Å². The summed E-state index contributed by atoms with van der Waals surface area (Å²) in [5.41, 5.74) is 9.35. The van der Waals surface area contributed by atoms with Crippen molar-refractivity contribution in [2.45, 2.75) is 32.7 Å². The smallest absolute Gasteiger partial charge is 0.353 e. The Balaban J connectivity index is 1.42. The van der Waals surface area contributed by atoms with Crippen LogP contribution in [-0.2, 0) is 12.0 Å². The molecule has 0 fully saturated rings. The fourth-order valence-corrected chi connectivity index (χ4v) is 5.55. The van der Waals surface area contributed by atoms with Crippen LogP contribution in [0.2, 0.25) is 0 Å². The van der Waals surface area contributed by atoms with E-state index in [0.717, 1.165) is 50.1 Å². The first kappa shape index (κ1) is 27.1. The number of aromatic nitrogens is 1. The van der Waals surface area contributed by atoms with Gasteiger partial charge in [0.1, 0.15) is 5.69 Å². The van der Waals surface area contributed by atoms with Gasteiger partial charge in [0, 0.05) is 34.4 Å². The molecule has 6 rings (SSSR count). The van der Waals surface area contributed by atoms with Gasteiger partial charge < -0.3 is 15.0 Å². The minimum atomic E-state index is -0.946. The normalized spacial score (nSPS) is 11.5. The van der Waals surface area contributed by atoms with Crippen LogP contribution in [0.4, 0.5) is 11.4 Å². The number of hydrogen-bond donors (Lipinski definition) is 2. The molecule has 0 atom stereocenters. The van der Waals surface area contributed by atoms with Crippen molar-refractivity contribution in [1.29, 1.82) is 0 Å². The summed E-state index contributed by atoms with van der Waals surface area (Å²) in [5, 5.41) is 15.0. The highest BCUT2D eigenvalue weighted by atomic mass is 16.4. The van der Waals surface area contributed by atoms with E-state index in [4.69, 9.17) is 0 Å². The van der Waals surface area contributed by atoms with E-state index in [1.54, 1.807) is 0 Å². The molecule has 0 aliphatic rings. The van der Waals surface area contributed by atoms with E-state index in [2.05, 4.69) is 92.8 Å². The molecule has 4 nitrogen and oxygen atoms in total. The van der Waals surface area contributed by atoms with Crippen LogP contribution in [0, 0.1) is 0 Å². The van der Waals surface area contributed by atoms with Crippen molar-refractivity contribution in [3.63, 3.8) is 0 Å². The molecule has 0 saturated carbocycles. The van der Waals surface area contributed by atoms with Crippen molar-refractivity contribution in [3.05, 3.63) is 144 Å². The highest BCUT2D eigenvalue weighted by molar-refractivity contribution is 6.09. The van der Waals surface area contributed by atoms with E-state index >= 15 is 0 Å². The second-order valence-electron chi connectivity index (χ2n) is 11.7. The summed E-state index contributed by atoms with van der Waals surface area (Å²) < 4.78 is 1.93. The van der Waals surface area contributed by atoms with Crippen LogP contribution in [0.1, 0.15) is 42.4 Å². The first-order valence-corrected chi connectivity index (χ1v) is 14.2. The average molecular weight is 551 g/mol. The summed E-state index contributed by atoms with van der Waals surface area (Å²) in [5.74, 6) is -0.946. The molecule has 2 N–H and O–H groups in total. The lowest BCUT2D eigenvalue weighted by atomic mass is 9.87. The fourth-order valence-electron chi connectivity index (χ4n) is 5.55. The highest BCUT2D eigenvalue weighted by Crippen LogP contribution is 2.38. The van der Waals surface area contributed by atoms with Crippen LogP contribution in [0.3, 0.4) is 0 Å². The number of hydrogen-bond acceptors (Lipinski definition) is 2. The second-order valence-corrected chi connectivity index (χ2v) is 11.7. The molecular formula is C38H34N2O2. The molecule has 0 bridgehead atoms. The van der Waals surface area contributed by atoms with Gasteiger partial charge in [-0.15, -0.1) is 0 Å². The molecule has 0 radical (unpaired) electrons. The average Bonchev–Trinajstić information content (AvgIpc) is 3.32. The van der Waals surface area contributed by atoms with Gasteiger partial charge >= 0.3 is 5.97 Å². The Morgan fingerprint density at radius 3 is 1.86 bits per heavy atom. The summed E-state index contributed by atoms with van der Waals surface area (Å²) in [4.78, 5) is 12.9. The number of benzene rings is 5. The largest absolute Gasteiger partial charge is 0.477 e. The number of fused-ring (bicyclic) bond motifs is 1. The minimum absolute atomic E-state index is 0.0834. The standard InChI is InChI=1S/C38H34N2O2/c1-38(2,3)30-18-20-31(21-19-30)39-32-22-23-34-33(24-32)35(29-12-8-5-9-13-29)36(37(41)42)40(34)25-26-14-16-28(17-15-26)27-10-6-4-7-11-27/h4-24,39H,25H2,1-3H3,(H,41,42). The maximum absolute atomic E-state index is 12.9. The highest BCUT2D eigenvalue weighted by Gasteiger charge is 2.24. The molecule has 0 aliphatic carbocycles. The summed E-state index contributed by atoms with van der Waals surface area (Å²) in [6.07, 6.45) is 0. The van der Waals surface area contributed by atoms with E-state index in [-0.39, 0.29) is 11.1 Å². The van der Waals surface area contributed by atoms with Crippen LogP contribution in [-0.4, -0.2) is 15.6 Å². The molecule has 5 aromatic carbocycles. The van der Waals surface area contributed by atoms with Gasteiger partial charge in [-0.2, -0.15) is 0 Å². The Labute approximate surface area is 246 Å². The maximum atomic E-state index is 12.9. The van der Waals surface area contributed by atoms with Crippen LogP contribution in [0.25, 0.3) is 33.2 Å². The number of nitrogens with zero attached hydrogens (tertiary/aromatic N) is 1. The second kappa shape index (κ2) is 11.1. The third-order valence-electron chi connectivity index (χ3n) is 7.77. The number of aromatic carboxylic acids is 1. The van der Waals surface area contributed by atoms with Gasteiger partial charge in [-0.25, -0.2) is 4.79 Å². The third kappa shape index (κ3) is 5.44. The number of carboxylic acid groups (broad SMARTS) is 1. The van der Waals surface area contributed by atoms with Crippen molar-refractivity contribution in [2.75, 3.05) is 5.32 Å². The molecule has 1 aromatic heterocycles.